The molecule has 0 bridgehead atoms. The highest BCUT2D eigenvalue weighted by Gasteiger charge is 2.20. The van der Waals surface area contributed by atoms with Crippen LogP contribution in [0, 0.1) is 0 Å². The predicted molar refractivity (Wildman–Crippen MR) is 271 cm³/mol. The van der Waals surface area contributed by atoms with Crippen LogP contribution in [0.2, 0.25) is 0 Å². The maximum absolute atomic E-state index is 13.6. The van der Waals surface area contributed by atoms with Crippen molar-refractivity contribution in [2.45, 2.75) is 19.8 Å². The molecule has 3 amide bonds. The Bertz CT molecular complexity index is 2710. The van der Waals surface area contributed by atoms with Crippen molar-refractivity contribution in [3.8, 4) is 0 Å². The average molecular weight is 983 g/mol. The number of nitrogens with one attached hydrogen (secondary N) is 4. The van der Waals surface area contributed by atoms with Crippen LogP contribution in [0.3, 0.4) is 0 Å². The third-order valence-corrected chi connectivity index (χ3v) is 11.9. The molecule has 6 aromatic rings. The van der Waals surface area contributed by atoms with Crippen molar-refractivity contribution in [1.29, 1.82) is 0 Å². The summed E-state index contributed by atoms with van der Waals surface area (Å²) in [6.07, 6.45) is 0. The van der Waals surface area contributed by atoms with E-state index in [1.54, 1.807) is 18.2 Å². The first-order valence-corrected chi connectivity index (χ1v) is 24.1. The number of hydrogen-bond donors (Lipinski definition) is 4. The van der Waals surface area contributed by atoms with Crippen LogP contribution in [0.25, 0.3) is 0 Å². The first-order valence-electron chi connectivity index (χ1n) is 24.1. The zero-order valence-corrected chi connectivity index (χ0v) is 40.2. The molecule has 1 saturated heterocycles. The summed E-state index contributed by atoms with van der Waals surface area (Å²) in [6, 6.07) is 41.4. The number of pyridine rings is 3. The lowest BCUT2D eigenvalue weighted by Gasteiger charge is -2.31. The van der Waals surface area contributed by atoms with E-state index in [0.29, 0.717) is 85.1 Å². The van der Waals surface area contributed by atoms with Crippen molar-refractivity contribution in [3.63, 3.8) is 0 Å². The molecule has 1 aliphatic rings. The number of aromatic nitrogens is 3. The molecule has 3 aromatic heterocycles. The highest BCUT2D eigenvalue weighted by atomic mass is 16.7. The average Bonchev–Trinajstić information content (AvgIpc) is 3.39. The SMILES string of the molecule is O=C(NCCN1CCNCCN(CCNC(=O)c2cccc(=O)n2OCc2ccccc2)CCN(CCNC(=O)c2cccc(=O)n2OCc2ccccc2)CC1)c1cccc(=O)n1OCc1ccccc1. The third kappa shape index (κ3) is 15.8. The van der Waals surface area contributed by atoms with Crippen molar-refractivity contribution < 1.29 is 28.9 Å². The van der Waals surface area contributed by atoms with Gasteiger partial charge >= 0.3 is 0 Å². The first-order chi connectivity index (χ1) is 35.2. The van der Waals surface area contributed by atoms with Crippen molar-refractivity contribution in [1.82, 2.24) is 50.2 Å². The minimum Gasteiger partial charge on any atom is -0.405 e. The Labute approximate surface area is 417 Å². The van der Waals surface area contributed by atoms with Crippen LogP contribution in [0.4, 0.5) is 0 Å². The van der Waals surface area contributed by atoms with Crippen LogP contribution in [0.1, 0.15) is 48.2 Å². The van der Waals surface area contributed by atoms with Crippen LogP contribution >= 0.6 is 0 Å². The Hall–Kier alpha value is -7.84. The fourth-order valence-corrected chi connectivity index (χ4v) is 7.90. The van der Waals surface area contributed by atoms with Crippen LogP contribution in [0.5, 0.6) is 0 Å². The van der Waals surface area contributed by atoms with Gasteiger partial charge in [-0.15, -0.1) is 14.2 Å². The van der Waals surface area contributed by atoms with Gasteiger partial charge in [-0.2, -0.15) is 0 Å². The van der Waals surface area contributed by atoms with Gasteiger partial charge in [-0.25, -0.2) is 0 Å². The van der Waals surface area contributed by atoms with Gasteiger partial charge < -0.3 is 35.8 Å². The van der Waals surface area contributed by atoms with Gasteiger partial charge in [0.05, 0.1) is 0 Å². The number of benzene rings is 3. The largest absolute Gasteiger partial charge is 0.405 e. The molecule has 4 N–H and O–H groups in total. The number of hydrogen-bond acceptors (Lipinski definition) is 13. The minimum atomic E-state index is -0.465. The van der Waals surface area contributed by atoms with E-state index < -0.39 is 34.4 Å². The molecule has 19 nitrogen and oxygen atoms in total. The van der Waals surface area contributed by atoms with E-state index in [-0.39, 0.29) is 43.4 Å². The second-order valence-electron chi connectivity index (χ2n) is 17.0. The van der Waals surface area contributed by atoms with Crippen LogP contribution in [0.15, 0.2) is 160 Å². The van der Waals surface area contributed by atoms with E-state index in [4.69, 9.17) is 14.5 Å². The monoisotopic (exact) mass is 982 g/mol. The van der Waals surface area contributed by atoms with Crippen molar-refractivity contribution in [2.75, 3.05) is 91.6 Å². The second-order valence-corrected chi connectivity index (χ2v) is 17.0. The van der Waals surface area contributed by atoms with Gasteiger partial charge in [0.2, 0.25) is 0 Å². The van der Waals surface area contributed by atoms with Gasteiger partial charge in [-0.1, -0.05) is 109 Å². The van der Waals surface area contributed by atoms with E-state index in [9.17, 15) is 28.8 Å². The van der Waals surface area contributed by atoms with E-state index in [1.165, 1.54) is 36.4 Å². The fraction of sp³-hybridized carbons (Fsp3) is 0.321. The molecule has 0 aliphatic carbocycles. The summed E-state index contributed by atoms with van der Waals surface area (Å²) in [7, 11) is 0. The summed E-state index contributed by atoms with van der Waals surface area (Å²) in [4.78, 5) is 103. The van der Waals surface area contributed by atoms with Gasteiger partial charge in [-0.05, 0) is 34.9 Å². The number of carbonyl (C=O) groups is 3. The summed E-state index contributed by atoms with van der Waals surface area (Å²) in [5, 5.41) is 12.4. The fourth-order valence-electron chi connectivity index (χ4n) is 7.90. The van der Waals surface area contributed by atoms with Crippen LogP contribution in [-0.4, -0.2) is 138 Å². The molecule has 0 atom stereocenters. The van der Waals surface area contributed by atoms with E-state index in [0.717, 1.165) is 30.9 Å². The molecule has 1 fully saturated rings. The van der Waals surface area contributed by atoms with Crippen molar-refractivity contribution in [2.24, 2.45) is 0 Å². The van der Waals surface area contributed by atoms with Gasteiger partial charge in [0, 0.05) is 110 Å². The quantitative estimate of drug-likeness (QED) is 0.0802. The van der Waals surface area contributed by atoms with Gasteiger partial charge in [0.1, 0.15) is 36.9 Å². The highest BCUT2D eigenvalue weighted by Crippen LogP contribution is 2.06. The third-order valence-electron chi connectivity index (χ3n) is 11.9. The predicted octanol–water partition coefficient (Wildman–Crippen LogP) is 1.16. The maximum atomic E-state index is 13.6. The second kappa shape index (κ2) is 27.5. The van der Waals surface area contributed by atoms with E-state index in [1.807, 2.05) is 91.0 Å². The maximum Gasteiger partial charge on any atom is 0.283 e. The molecule has 0 radical (unpaired) electrons. The summed E-state index contributed by atoms with van der Waals surface area (Å²) in [5.41, 5.74) is 1.44. The zero-order chi connectivity index (χ0) is 50.3. The molecule has 0 unspecified atom stereocenters. The molecular weight excluding hydrogens is 921 g/mol. The molecular formula is C53H62N10O9. The van der Waals surface area contributed by atoms with Gasteiger partial charge in [0.25, 0.3) is 34.4 Å². The minimum absolute atomic E-state index is 0.0755. The lowest BCUT2D eigenvalue weighted by molar-refractivity contribution is 0.0700. The number of carbonyl (C=O) groups excluding carboxylic acids is 3. The van der Waals surface area contributed by atoms with Crippen LogP contribution in [-0.2, 0) is 19.8 Å². The molecule has 72 heavy (non-hydrogen) atoms. The lowest BCUT2D eigenvalue weighted by Crippen LogP contribution is -2.48. The standard InChI is InChI=1S/C53H62N10O9/c64-48-22-10-19-45(61(48)70-39-42-13-4-1-5-14-42)51(67)55-27-32-58-30-25-54-26-31-59(33-28-56-52(68)46-20-11-23-49(65)62(46)71-40-43-15-6-2-7-16-43)36-38-60(37-35-58)34-29-57-53(69)47-21-12-24-50(66)63(47)72-41-44-17-8-3-9-18-44/h1-24,54H,25-41H2,(H,55,67)(H,56,68)(H,57,69). The molecule has 7 rings (SSSR count). The van der Waals surface area contributed by atoms with Crippen molar-refractivity contribution in [3.05, 3.63) is 210 Å². The number of rotatable bonds is 21. The summed E-state index contributed by atoms with van der Waals surface area (Å²) >= 11 is 0. The smallest absolute Gasteiger partial charge is 0.283 e. The van der Waals surface area contributed by atoms with Crippen molar-refractivity contribution >= 4 is 17.7 Å². The van der Waals surface area contributed by atoms with Crippen LogP contribution < -0.4 is 52.5 Å². The molecule has 1 aliphatic heterocycles. The molecule has 0 saturated carbocycles. The molecule has 4 heterocycles. The summed E-state index contributed by atoms with van der Waals surface area (Å²) < 4.78 is 3.06. The number of nitrogens with zero attached hydrogens (tertiary/aromatic N) is 6. The summed E-state index contributed by atoms with van der Waals surface area (Å²) in [5.74, 6) is -1.34. The molecule has 0 spiro atoms. The van der Waals surface area contributed by atoms with Gasteiger partial charge in [0.15, 0.2) is 0 Å². The van der Waals surface area contributed by atoms with Gasteiger partial charge in [-0.3, -0.25) is 43.5 Å². The van der Waals surface area contributed by atoms with E-state index >= 15 is 0 Å². The molecule has 378 valence electrons. The number of amides is 3. The normalized spacial score (nSPS) is 14.0. The Morgan fingerprint density at radius 3 is 0.986 bits per heavy atom. The molecule has 19 heteroatoms. The Balaban J connectivity index is 0.969. The molecule has 3 aromatic carbocycles. The first kappa shape index (κ1) is 52.0. The summed E-state index contributed by atoms with van der Waals surface area (Å²) in [6.45, 7) is 7.90. The highest BCUT2D eigenvalue weighted by molar-refractivity contribution is 5.93. The lowest BCUT2D eigenvalue weighted by atomic mass is 10.2. The Morgan fingerprint density at radius 1 is 0.389 bits per heavy atom. The Morgan fingerprint density at radius 2 is 0.681 bits per heavy atom. The van der Waals surface area contributed by atoms with E-state index in [2.05, 4.69) is 36.0 Å². The Kier molecular flexibility index (Phi) is 19.9. The zero-order valence-electron chi connectivity index (χ0n) is 40.2. The topological polar surface area (TPSA) is 203 Å².